The molecule has 0 spiro atoms. The highest BCUT2D eigenvalue weighted by Crippen LogP contribution is 2.30. The zero-order chi connectivity index (χ0) is 17.1. The van der Waals surface area contributed by atoms with Crippen LogP contribution in [0.5, 0.6) is 0 Å². The molecule has 2 saturated heterocycles. The van der Waals surface area contributed by atoms with Crippen molar-refractivity contribution in [1.29, 1.82) is 0 Å². The highest BCUT2D eigenvalue weighted by Gasteiger charge is 2.42. The molecule has 0 N–H and O–H groups in total. The molecule has 2 heterocycles. The molecule has 23 heavy (non-hydrogen) atoms. The molecule has 0 amide bonds. The third kappa shape index (κ3) is 3.91. The Morgan fingerprint density at radius 2 is 1.87 bits per heavy atom. The molecule has 0 aromatic heterocycles. The molecular formula is C16H25FN2O3S. The molecule has 0 aromatic carbocycles. The summed E-state index contributed by atoms with van der Waals surface area (Å²) in [5.41, 5.74) is -0.589. The van der Waals surface area contributed by atoms with E-state index in [0.29, 0.717) is 57.9 Å². The number of halogens is 1. The molecule has 0 aromatic rings. The van der Waals surface area contributed by atoms with E-state index in [-0.39, 0.29) is 4.91 Å². The van der Waals surface area contributed by atoms with Crippen LogP contribution in [0.3, 0.4) is 0 Å². The number of alkyl halides is 1. The summed E-state index contributed by atoms with van der Waals surface area (Å²) in [5, 5.41) is 0. The van der Waals surface area contributed by atoms with Crippen molar-refractivity contribution in [1.82, 2.24) is 9.21 Å². The predicted molar refractivity (Wildman–Crippen MR) is 89.3 cm³/mol. The van der Waals surface area contributed by atoms with Crippen molar-refractivity contribution in [3.63, 3.8) is 0 Å². The van der Waals surface area contributed by atoms with Crippen molar-refractivity contribution in [3.8, 4) is 0 Å². The van der Waals surface area contributed by atoms with Gasteiger partial charge in [0.1, 0.15) is 5.67 Å². The average Bonchev–Trinajstić information content (AvgIpc) is 2.53. The largest absolute Gasteiger partial charge is 0.379 e. The fourth-order valence-corrected chi connectivity index (χ4v) is 4.50. The second kappa shape index (κ2) is 7.25. The second-order valence-corrected chi connectivity index (χ2v) is 7.87. The summed E-state index contributed by atoms with van der Waals surface area (Å²) in [5.74, 6) is 0. The number of hydrogen-bond acceptors (Lipinski definition) is 4. The second-order valence-electron chi connectivity index (χ2n) is 5.96. The van der Waals surface area contributed by atoms with E-state index in [1.165, 1.54) is 16.5 Å². The third-order valence-corrected chi connectivity index (χ3v) is 6.41. The Morgan fingerprint density at radius 3 is 2.35 bits per heavy atom. The van der Waals surface area contributed by atoms with Gasteiger partial charge < -0.3 is 4.74 Å². The Balaban J connectivity index is 2.19. The lowest BCUT2D eigenvalue weighted by atomic mass is 9.93. The Bertz CT molecular complexity index is 588. The van der Waals surface area contributed by atoms with Crippen molar-refractivity contribution in [2.24, 2.45) is 0 Å². The molecule has 5 nitrogen and oxygen atoms in total. The van der Waals surface area contributed by atoms with Crippen LogP contribution in [0, 0.1) is 0 Å². The van der Waals surface area contributed by atoms with Crippen molar-refractivity contribution in [2.45, 2.75) is 19.0 Å². The molecule has 0 bridgehead atoms. The number of rotatable bonds is 7. The molecule has 7 heteroatoms. The molecule has 130 valence electrons. The maximum absolute atomic E-state index is 14.0. The minimum absolute atomic E-state index is 0.155. The number of allylic oxidation sites excluding steroid dienone is 1. The van der Waals surface area contributed by atoms with Gasteiger partial charge in [0.25, 0.3) is 0 Å². The smallest absolute Gasteiger partial charge is 0.243 e. The van der Waals surface area contributed by atoms with E-state index in [9.17, 15) is 12.8 Å². The molecule has 0 saturated carbocycles. The summed E-state index contributed by atoms with van der Waals surface area (Å²) < 4.78 is 46.2. The van der Waals surface area contributed by atoms with E-state index < -0.39 is 15.7 Å². The number of nitrogens with zero attached hydrogens (tertiary/aromatic N) is 2. The topological polar surface area (TPSA) is 49.9 Å². The lowest BCUT2D eigenvalue weighted by molar-refractivity contribution is -0.0282. The van der Waals surface area contributed by atoms with E-state index in [1.807, 2.05) is 11.8 Å². The first-order chi connectivity index (χ1) is 10.9. The van der Waals surface area contributed by atoms with Crippen LogP contribution in [0.2, 0.25) is 0 Å². The first kappa shape index (κ1) is 18.3. The monoisotopic (exact) mass is 344 g/mol. The molecule has 0 unspecified atom stereocenters. The number of morpholine rings is 1. The van der Waals surface area contributed by atoms with Gasteiger partial charge in [-0.05, 0) is 18.1 Å². The Morgan fingerprint density at radius 1 is 1.26 bits per heavy atom. The lowest BCUT2D eigenvalue weighted by Gasteiger charge is -2.44. The maximum Gasteiger partial charge on any atom is 0.243 e. The van der Waals surface area contributed by atoms with Crippen LogP contribution >= 0.6 is 0 Å². The summed E-state index contributed by atoms with van der Waals surface area (Å²) in [6.45, 7) is 11.6. The molecule has 2 aliphatic rings. The van der Waals surface area contributed by atoms with Gasteiger partial charge in [-0.1, -0.05) is 26.2 Å². The summed E-state index contributed by atoms with van der Waals surface area (Å²) in [4.78, 5) is 2.04. The van der Waals surface area contributed by atoms with Gasteiger partial charge in [0.15, 0.2) is 0 Å². The van der Waals surface area contributed by atoms with Crippen molar-refractivity contribution in [2.75, 3.05) is 45.9 Å². The Kier molecular flexibility index (Phi) is 5.78. The van der Waals surface area contributed by atoms with E-state index in [4.69, 9.17) is 4.74 Å². The van der Waals surface area contributed by atoms with Gasteiger partial charge in [-0.25, -0.2) is 12.8 Å². The van der Waals surface area contributed by atoms with Gasteiger partial charge in [0.2, 0.25) is 10.0 Å². The quantitative estimate of drug-likeness (QED) is 0.660. The van der Waals surface area contributed by atoms with E-state index in [2.05, 4.69) is 13.2 Å². The first-order valence-corrected chi connectivity index (χ1v) is 9.27. The summed E-state index contributed by atoms with van der Waals surface area (Å²) in [7, 11) is -3.63. The summed E-state index contributed by atoms with van der Waals surface area (Å²) in [6.07, 6.45) is 3.35. The highest BCUT2D eigenvalue weighted by atomic mass is 32.2. The van der Waals surface area contributed by atoms with Gasteiger partial charge >= 0.3 is 0 Å². The fourth-order valence-electron chi connectivity index (χ4n) is 2.90. The minimum atomic E-state index is -3.63. The van der Waals surface area contributed by atoms with Crippen molar-refractivity contribution in [3.05, 3.63) is 35.8 Å². The Hall–Kier alpha value is -1.02. The van der Waals surface area contributed by atoms with Gasteiger partial charge in [0, 0.05) is 32.7 Å². The summed E-state index contributed by atoms with van der Waals surface area (Å²) >= 11 is 0. The summed E-state index contributed by atoms with van der Waals surface area (Å²) in [6, 6.07) is 0. The number of likely N-dealkylation sites (tertiary alicyclic amines) is 1. The lowest BCUT2D eigenvalue weighted by Crippen LogP contribution is -2.58. The van der Waals surface area contributed by atoms with Crippen LogP contribution < -0.4 is 0 Å². The maximum atomic E-state index is 14.0. The molecule has 0 atom stereocenters. The highest BCUT2D eigenvalue weighted by molar-refractivity contribution is 7.93. The molecule has 2 fully saturated rings. The molecule has 2 rings (SSSR count). The van der Waals surface area contributed by atoms with E-state index >= 15 is 0 Å². The van der Waals surface area contributed by atoms with Gasteiger partial charge in [-0.15, -0.1) is 0 Å². The standard InChI is InChI=1S/C16H25FN2O3S/c1-4-14(11-18-12-16(17,6-3)13-18)15(5-2)23(20,21)19-7-9-22-10-8-19/h4-5H,1-2,6-13H2,3H3/b15-14-. The van der Waals surface area contributed by atoms with Crippen LogP contribution in [0.4, 0.5) is 4.39 Å². The third-order valence-electron chi connectivity index (χ3n) is 4.38. The van der Waals surface area contributed by atoms with E-state index in [0.717, 1.165) is 0 Å². The fraction of sp³-hybridized carbons (Fsp3) is 0.625. The van der Waals surface area contributed by atoms with Gasteiger partial charge in [-0.3, -0.25) is 4.90 Å². The van der Waals surface area contributed by atoms with Crippen molar-refractivity contribution < 1.29 is 17.5 Å². The molecule has 2 aliphatic heterocycles. The Labute approximate surface area is 138 Å². The van der Waals surface area contributed by atoms with E-state index in [1.54, 1.807) is 0 Å². The first-order valence-electron chi connectivity index (χ1n) is 7.83. The van der Waals surface area contributed by atoms with Gasteiger partial charge in [0.05, 0.1) is 18.1 Å². The minimum Gasteiger partial charge on any atom is -0.379 e. The van der Waals surface area contributed by atoms with Crippen LogP contribution in [-0.2, 0) is 14.8 Å². The van der Waals surface area contributed by atoms with Crippen LogP contribution in [-0.4, -0.2) is 69.2 Å². The predicted octanol–water partition coefficient (Wildman–Crippen LogP) is 1.71. The molecule has 0 radical (unpaired) electrons. The number of hydrogen-bond donors (Lipinski definition) is 0. The zero-order valence-electron chi connectivity index (χ0n) is 13.6. The number of ether oxygens (including phenoxy) is 1. The SMILES string of the molecule is C=C/C(CN1CC(F)(CC)C1)=C(\C=C)S(=O)(=O)N1CCOCC1. The molecule has 0 aliphatic carbocycles. The van der Waals surface area contributed by atoms with Crippen molar-refractivity contribution >= 4 is 10.0 Å². The van der Waals surface area contributed by atoms with Crippen LogP contribution in [0.15, 0.2) is 35.8 Å². The van der Waals surface area contributed by atoms with Gasteiger partial charge in [-0.2, -0.15) is 4.31 Å². The van der Waals surface area contributed by atoms with Crippen LogP contribution in [0.1, 0.15) is 13.3 Å². The molecular weight excluding hydrogens is 319 g/mol. The normalized spacial score (nSPS) is 23.7. The zero-order valence-corrected chi connectivity index (χ0v) is 14.4. The van der Waals surface area contributed by atoms with Crippen LogP contribution in [0.25, 0.3) is 0 Å². The average molecular weight is 344 g/mol. The number of sulfonamides is 1.